The van der Waals surface area contributed by atoms with Gasteiger partial charge in [0.2, 0.25) is 0 Å². The van der Waals surface area contributed by atoms with Crippen LogP contribution in [0, 0.1) is 0 Å². The number of pyridine rings is 3. The molecule has 0 unspecified atom stereocenters. The number of rotatable bonds is 12. The van der Waals surface area contributed by atoms with Gasteiger partial charge in [-0.2, -0.15) is 0 Å². The lowest BCUT2D eigenvalue weighted by molar-refractivity contribution is -0.126. The van der Waals surface area contributed by atoms with Gasteiger partial charge in [-0.15, -0.1) is 0 Å². The molecule has 0 aliphatic rings. The highest BCUT2D eigenvalue weighted by Crippen LogP contribution is 2.28. The van der Waals surface area contributed by atoms with Crippen molar-refractivity contribution in [3.63, 3.8) is 0 Å². The number of nitrogens with zero attached hydrogens (tertiary/aromatic N) is 3. The molecule has 9 nitrogen and oxygen atoms in total. The Morgan fingerprint density at radius 2 is 1.20 bits per heavy atom. The van der Waals surface area contributed by atoms with Gasteiger partial charge in [0.1, 0.15) is 17.3 Å². The minimum Gasteiger partial charge on any atom is -0.433 e. The fourth-order valence-corrected chi connectivity index (χ4v) is 3.18. The maximum Gasteiger partial charge on any atom is 0.298 e. The third-order valence-electron chi connectivity index (χ3n) is 4.83. The number of allylic oxidation sites excluding steroid dienone is 2. The normalized spacial score (nSPS) is 11.5. The first-order chi connectivity index (χ1) is 17.1. The number of carbonyl (C=O) groups is 3. The number of hydrogen-bond acceptors (Lipinski definition) is 9. The lowest BCUT2D eigenvalue weighted by Crippen LogP contribution is -1.97. The SMILES string of the molecule is CC/C(=C\c1ccnc(-c2cc(OC=O)cc(-c3cc(/C=C(\CC)OC=O)ccn3)n2)c1)OC=O. The predicted molar refractivity (Wildman–Crippen MR) is 128 cm³/mol. The number of carbonyl (C=O) groups excluding carboxylic acids is 3. The molecule has 0 amide bonds. The van der Waals surface area contributed by atoms with Gasteiger partial charge in [-0.3, -0.25) is 24.4 Å². The molecule has 0 N–H and O–H groups in total. The summed E-state index contributed by atoms with van der Waals surface area (Å²) in [5.41, 5.74) is 3.44. The molecule has 0 atom stereocenters. The van der Waals surface area contributed by atoms with Gasteiger partial charge >= 0.3 is 0 Å². The Morgan fingerprint density at radius 1 is 0.714 bits per heavy atom. The molecule has 0 aromatic carbocycles. The maximum absolute atomic E-state index is 11.0. The lowest BCUT2D eigenvalue weighted by Gasteiger charge is -2.09. The molecule has 3 aromatic heterocycles. The van der Waals surface area contributed by atoms with E-state index in [4.69, 9.17) is 14.2 Å². The van der Waals surface area contributed by atoms with Crippen LogP contribution < -0.4 is 4.74 Å². The Labute approximate surface area is 202 Å². The van der Waals surface area contributed by atoms with Crippen molar-refractivity contribution >= 4 is 31.6 Å². The van der Waals surface area contributed by atoms with Crippen molar-refractivity contribution in [3.8, 4) is 28.5 Å². The Kier molecular flexibility index (Phi) is 8.95. The van der Waals surface area contributed by atoms with Crippen LogP contribution in [0.3, 0.4) is 0 Å². The number of ether oxygens (including phenoxy) is 3. The van der Waals surface area contributed by atoms with Gasteiger partial charge in [0.25, 0.3) is 19.4 Å². The van der Waals surface area contributed by atoms with Crippen molar-refractivity contribution in [3.05, 3.63) is 71.4 Å². The Balaban J connectivity index is 2.06. The van der Waals surface area contributed by atoms with Crippen LogP contribution in [0.15, 0.2) is 60.3 Å². The zero-order valence-corrected chi connectivity index (χ0v) is 19.2. The average Bonchev–Trinajstić information content (AvgIpc) is 2.88. The van der Waals surface area contributed by atoms with Gasteiger partial charge in [-0.05, 0) is 47.5 Å². The van der Waals surface area contributed by atoms with Crippen LogP contribution in [0.2, 0.25) is 0 Å². The van der Waals surface area contributed by atoms with E-state index in [1.54, 1.807) is 60.9 Å². The molecule has 35 heavy (non-hydrogen) atoms. The fourth-order valence-electron chi connectivity index (χ4n) is 3.18. The summed E-state index contributed by atoms with van der Waals surface area (Å²) in [6.07, 6.45) is 7.75. The Bertz CT molecular complexity index is 1180. The van der Waals surface area contributed by atoms with Crippen LogP contribution in [0.4, 0.5) is 0 Å². The van der Waals surface area contributed by atoms with Gasteiger partial charge < -0.3 is 14.2 Å². The van der Waals surface area contributed by atoms with Crippen molar-refractivity contribution in [2.24, 2.45) is 0 Å². The highest BCUT2D eigenvalue weighted by molar-refractivity contribution is 5.69. The highest BCUT2D eigenvalue weighted by atomic mass is 16.5. The molecule has 0 aliphatic carbocycles. The molecule has 0 saturated heterocycles. The van der Waals surface area contributed by atoms with E-state index in [1.165, 1.54) is 0 Å². The third kappa shape index (κ3) is 6.91. The quantitative estimate of drug-likeness (QED) is 0.275. The first kappa shape index (κ1) is 25.0. The molecule has 3 aromatic rings. The fraction of sp³-hybridized carbons (Fsp3) is 0.154. The van der Waals surface area contributed by atoms with E-state index in [2.05, 4.69) is 15.0 Å². The first-order valence-electron chi connectivity index (χ1n) is 10.8. The summed E-state index contributed by atoms with van der Waals surface area (Å²) < 4.78 is 15.1. The average molecular weight is 473 g/mol. The summed E-state index contributed by atoms with van der Waals surface area (Å²) >= 11 is 0. The number of aromatic nitrogens is 3. The van der Waals surface area contributed by atoms with Crippen LogP contribution in [-0.2, 0) is 23.9 Å². The second kappa shape index (κ2) is 12.5. The summed E-state index contributed by atoms with van der Waals surface area (Å²) in [4.78, 5) is 45.9. The van der Waals surface area contributed by atoms with E-state index in [1.807, 2.05) is 13.8 Å². The van der Waals surface area contributed by atoms with Crippen molar-refractivity contribution in [1.82, 2.24) is 15.0 Å². The van der Waals surface area contributed by atoms with Crippen LogP contribution in [0.5, 0.6) is 5.75 Å². The monoisotopic (exact) mass is 473 g/mol. The number of hydrogen-bond donors (Lipinski definition) is 0. The van der Waals surface area contributed by atoms with Crippen LogP contribution in [-0.4, -0.2) is 34.4 Å². The first-order valence-corrected chi connectivity index (χ1v) is 10.8. The highest BCUT2D eigenvalue weighted by Gasteiger charge is 2.11. The van der Waals surface area contributed by atoms with E-state index >= 15 is 0 Å². The molecule has 178 valence electrons. The van der Waals surface area contributed by atoms with Gasteiger partial charge in [0, 0.05) is 37.4 Å². The van der Waals surface area contributed by atoms with Gasteiger partial charge in [-0.1, -0.05) is 13.8 Å². The minimum absolute atomic E-state index is 0.266. The molecule has 3 rings (SSSR count). The summed E-state index contributed by atoms with van der Waals surface area (Å²) in [6.45, 7) is 4.84. The van der Waals surface area contributed by atoms with Crippen molar-refractivity contribution in [2.45, 2.75) is 26.7 Å². The predicted octanol–water partition coefficient (Wildman–Crippen LogP) is 4.59. The van der Waals surface area contributed by atoms with Crippen LogP contribution in [0.1, 0.15) is 37.8 Å². The standard InChI is InChI=1S/C26H23N3O6/c1-3-20(33-15-30)9-18-5-7-27-23(11-18)25-13-22(35-17-32)14-26(29-25)24-12-19(6-8-28-24)10-21(4-2)34-16-31/h5-17H,3-4H2,1-2H3/b20-9+,21-10+. The van der Waals surface area contributed by atoms with Gasteiger partial charge in [0.05, 0.1) is 22.8 Å². The molecular weight excluding hydrogens is 450 g/mol. The summed E-state index contributed by atoms with van der Waals surface area (Å²) in [7, 11) is 0. The molecule has 0 fully saturated rings. The Morgan fingerprint density at radius 3 is 1.60 bits per heavy atom. The molecule has 0 saturated carbocycles. The maximum atomic E-state index is 11.0. The molecule has 0 bridgehead atoms. The summed E-state index contributed by atoms with van der Waals surface area (Å²) in [5.74, 6) is 1.27. The molecule has 3 heterocycles. The van der Waals surface area contributed by atoms with Crippen molar-refractivity contribution < 1.29 is 28.6 Å². The molecule has 9 heteroatoms. The minimum atomic E-state index is 0.266. The zero-order chi connectivity index (χ0) is 25.0. The van der Waals surface area contributed by atoms with E-state index in [0.29, 0.717) is 66.6 Å². The van der Waals surface area contributed by atoms with Crippen molar-refractivity contribution in [1.29, 1.82) is 0 Å². The van der Waals surface area contributed by atoms with Crippen molar-refractivity contribution in [2.75, 3.05) is 0 Å². The van der Waals surface area contributed by atoms with Crippen LogP contribution >= 0.6 is 0 Å². The van der Waals surface area contributed by atoms with E-state index in [0.717, 1.165) is 11.1 Å². The van der Waals surface area contributed by atoms with Gasteiger partial charge in [0.15, 0.2) is 0 Å². The summed E-state index contributed by atoms with van der Waals surface area (Å²) in [5, 5.41) is 0. The largest absolute Gasteiger partial charge is 0.433 e. The topological polar surface area (TPSA) is 118 Å². The molecular formula is C26H23N3O6. The molecule has 0 radical (unpaired) electrons. The lowest BCUT2D eigenvalue weighted by atomic mass is 10.1. The van der Waals surface area contributed by atoms with Crippen LogP contribution in [0.25, 0.3) is 34.9 Å². The van der Waals surface area contributed by atoms with Gasteiger partial charge in [-0.25, -0.2) is 4.98 Å². The Hall–Kier alpha value is -4.66. The smallest absolute Gasteiger partial charge is 0.298 e. The third-order valence-corrected chi connectivity index (χ3v) is 4.83. The zero-order valence-electron chi connectivity index (χ0n) is 19.2. The molecule has 0 aliphatic heterocycles. The second-order valence-corrected chi connectivity index (χ2v) is 7.09. The summed E-state index contributed by atoms with van der Waals surface area (Å²) in [6, 6.07) is 10.3. The second-order valence-electron chi connectivity index (χ2n) is 7.09. The van der Waals surface area contributed by atoms with E-state index in [-0.39, 0.29) is 5.75 Å². The van der Waals surface area contributed by atoms with E-state index < -0.39 is 0 Å². The van der Waals surface area contributed by atoms with E-state index in [9.17, 15) is 14.4 Å². The molecule has 0 spiro atoms.